The maximum atomic E-state index is 9.51. The fourth-order valence-corrected chi connectivity index (χ4v) is 4.21. The van der Waals surface area contributed by atoms with Crippen LogP contribution in [-0.4, -0.2) is 24.9 Å². The van der Waals surface area contributed by atoms with Crippen LogP contribution < -0.4 is 10.1 Å². The van der Waals surface area contributed by atoms with Crippen LogP contribution in [0, 0.1) is 5.92 Å². The molecule has 0 saturated heterocycles. The maximum absolute atomic E-state index is 9.51. The molecule has 0 radical (unpaired) electrons. The molecule has 0 heterocycles. The molecule has 1 aliphatic rings. The minimum Gasteiger partial charge on any atom is -0.495 e. The van der Waals surface area contributed by atoms with Crippen molar-refractivity contribution >= 4 is 31.9 Å². The molecule has 1 aromatic rings. The number of methoxy groups -OCH3 is 1. The zero-order valence-corrected chi connectivity index (χ0v) is 14.8. The first kappa shape index (κ1) is 16.3. The maximum Gasteiger partial charge on any atom is 0.137 e. The van der Waals surface area contributed by atoms with E-state index in [0.29, 0.717) is 5.92 Å². The van der Waals surface area contributed by atoms with E-state index in [1.807, 2.05) is 6.07 Å². The number of benzene rings is 1. The van der Waals surface area contributed by atoms with Crippen LogP contribution in [0.15, 0.2) is 21.1 Å². The van der Waals surface area contributed by atoms with Crippen LogP contribution in [0.5, 0.6) is 5.75 Å². The molecule has 20 heavy (non-hydrogen) atoms. The predicted octanol–water partition coefficient (Wildman–Crippen LogP) is 3.86. The third-order valence-electron chi connectivity index (χ3n) is 3.85. The van der Waals surface area contributed by atoms with Gasteiger partial charge in [0.2, 0.25) is 0 Å². The third-order valence-corrected chi connectivity index (χ3v) is 4.90. The highest BCUT2D eigenvalue weighted by Gasteiger charge is 2.19. The lowest BCUT2D eigenvalue weighted by molar-refractivity contribution is 0.108. The summed E-state index contributed by atoms with van der Waals surface area (Å²) in [6, 6.07) is 4.08. The van der Waals surface area contributed by atoms with E-state index in [1.54, 1.807) is 7.11 Å². The van der Waals surface area contributed by atoms with Gasteiger partial charge >= 0.3 is 0 Å². The SMILES string of the molecule is COc1c(Br)cc(Br)cc1CNCC1CCC(O)CC1. The number of aliphatic hydroxyl groups excluding tert-OH is 1. The molecular weight excluding hydrogens is 386 g/mol. The molecule has 1 fully saturated rings. The fraction of sp³-hybridized carbons (Fsp3) is 0.600. The van der Waals surface area contributed by atoms with Gasteiger partial charge in [0.25, 0.3) is 0 Å². The molecule has 0 aromatic heterocycles. The Bertz CT molecular complexity index is 446. The molecule has 3 nitrogen and oxygen atoms in total. The Kier molecular flexibility index (Phi) is 6.33. The van der Waals surface area contributed by atoms with Crippen molar-refractivity contribution in [2.24, 2.45) is 5.92 Å². The average molecular weight is 407 g/mol. The molecule has 0 amide bonds. The summed E-state index contributed by atoms with van der Waals surface area (Å²) in [5.41, 5.74) is 1.14. The molecule has 1 aliphatic carbocycles. The highest BCUT2D eigenvalue weighted by molar-refractivity contribution is 9.11. The molecule has 0 unspecified atom stereocenters. The van der Waals surface area contributed by atoms with Crippen LogP contribution in [0.25, 0.3) is 0 Å². The molecule has 2 N–H and O–H groups in total. The molecule has 1 aromatic carbocycles. The number of ether oxygens (including phenoxy) is 1. The number of aliphatic hydroxyl groups is 1. The number of nitrogens with one attached hydrogen (secondary N) is 1. The Morgan fingerprint density at radius 3 is 2.60 bits per heavy atom. The number of halogens is 2. The molecule has 0 atom stereocenters. The molecule has 0 spiro atoms. The molecule has 1 saturated carbocycles. The molecule has 0 bridgehead atoms. The van der Waals surface area contributed by atoms with Crippen molar-refractivity contribution in [3.63, 3.8) is 0 Å². The first-order valence-corrected chi connectivity index (χ1v) is 8.59. The molecule has 112 valence electrons. The van der Waals surface area contributed by atoms with Crippen molar-refractivity contribution in [3.8, 4) is 5.75 Å². The van der Waals surface area contributed by atoms with E-state index < -0.39 is 0 Å². The zero-order chi connectivity index (χ0) is 14.5. The normalized spacial score (nSPS) is 22.8. The van der Waals surface area contributed by atoms with Crippen LogP contribution in [0.4, 0.5) is 0 Å². The van der Waals surface area contributed by atoms with Crippen LogP contribution in [0.2, 0.25) is 0 Å². The van der Waals surface area contributed by atoms with E-state index in [1.165, 1.54) is 0 Å². The van der Waals surface area contributed by atoms with Crippen molar-refractivity contribution in [3.05, 3.63) is 26.6 Å². The highest BCUT2D eigenvalue weighted by atomic mass is 79.9. The number of hydrogen-bond acceptors (Lipinski definition) is 3. The molecule has 5 heteroatoms. The Morgan fingerprint density at radius 1 is 1.25 bits per heavy atom. The number of rotatable bonds is 5. The summed E-state index contributed by atoms with van der Waals surface area (Å²) < 4.78 is 7.46. The van der Waals surface area contributed by atoms with Crippen LogP contribution in [-0.2, 0) is 6.54 Å². The summed E-state index contributed by atoms with van der Waals surface area (Å²) in [5.74, 6) is 1.57. The van der Waals surface area contributed by atoms with Gasteiger partial charge in [-0.1, -0.05) is 15.9 Å². The average Bonchev–Trinajstić information content (AvgIpc) is 2.40. The largest absolute Gasteiger partial charge is 0.495 e. The standard InChI is InChI=1S/C15H21Br2NO2/c1-20-15-11(6-12(16)7-14(15)17)9-18-8-10-2-4-13(19)5-3-10/h6-7,10,13,18-19H,2-5,8-9H2,1H3. The second-order valence-corrected chi connectivity index (χ2v) is 7.16. The fourth-order valence-electron chi connectivity index (χ4n) is 2.73. The van der Waals surface area contributed by atoms with E-state index in [2.05, 4.69) is 43.2 Å². The number of hydrogen-bond donors (Lipinski definition) is 2. The van der Waals surface area contributed by atoms with Crippen molar-refractivity contribution < 1.29 is 9.84 Å². The smallest absolute Gasteiger partial charge is 0.137 e. The van der Waals surface area contributed by atoms with Gasteiger partial charge in [-0.05, 0) is 66.2 Å². The molecular formula is C15H21Br2NO2. The van der Waals surface area contributed by atoms with Crippen LogP contribution >= 0.6 is 31.9 Å². The highest BCUT2D eigenvalue weighted by Crippen LogP contribution is 2.32. The Balaban J connectivity index is 1.87. The lowest BCUT2D eigenvalue weighted by Crippen LogP contribution is -2.27. The summed E-state index contributed by atoms with van der Waals surface area (Å²) in [6.07, 6.45) is 4.05. The third kappa shape index (κ3) is 4.45. The Labute approximate surface area is 137 Å². The second kappa shape index (κ2) is 7.78. The van der Waals surface area contributed by atoms with Gasteiger partial charge in [0.05, 0.1) is 17.7 Å². The zero-order valence-electron chi connectivity index (χ0n) is 11.7. The summed E-state index contributed by atoms with van der Waals surface area (Å²) in [6.45, 7) is 1.79. The summed E-state index contributed by atoms with van der Waals surface area (Å²) >= 11 is 7.03. The van der Waals surface area contributed by atoms with Gasteiger partial charge in [0.15, 0.2) is 0 Å². The van der Waals surface area contributed by atoms with E-state index in [0.717, 1.165) is 59.0 Å². The van der Waals surface area contributed by atoms with Crippen molar-refractivity contribution in [1.29, 1.82) is 0 Å². The monoisotopic (exact) mass is 405 g/mol. The van der Waals surface area contributed by atoms with E-state index in [4.69, 9.17) is 4.74 Å². The van der Waals surface area contributed by atoms with E-state index in [-0.39, 0.29) is 6.10 Å². The van der Waals surface area contributed by atoms with Gasteiger partial charge in [0, 0.05) is 16.6 Å². The Morgan fingerprint density at radius 2 is 1.95 bits per heavy atom. The van der Waals surface area contributed by atoms with Crippen molar-refractivity contribution in [2.45, 2.75) is 38.3 Å². The second-order valence-electron chi connectivity index (χ2n) is 5.39. The summed E-state index contributed by atoms with van der Waals surface area (Å²) in [7, 11) is 1.69. The molecule has 0 aliphatic heterocycles. The predicted molar refractivity (Wildman–Crippen MR) is 88.1 cm³/mol. The van der Waals surface area contributed by atoms with E-state index >= 15 is 0 Å². The van der Waals surface area contributed by atoms with Crippen LogP contribution in [0.1, 0.15) is 31.2 Å². The van der Waals surface area contributed by atoms with Crippen molar-refractivity contribution in [1.82, 2.24) is 5.32 Å². The first-order chi connectivity index (χ1) is 9.60. The van der Waals surface area contributed by atoms with Gasteiger partial charge < -0.3 is 15.2 Å². The first-order valence-electron chi connectivity index (χ1n) is 7.01. The van der Waals surface area contributed by atoms with Crippen molar-refractivity contribution in [2.75, 3.05) is 13.7 Å². The quantitative estimate of drug-likeness (QED) is 0.779. The molecule has 2 rings (SSSR count). The minimum atomic E-state index is -0.0765. The van der Waals surface area contributed by atoms with E-state index in [9.17, 15) is 5.11 Å². The minimum absolute atomic E-state index is 0.0765. The van der Waals surface area contributed by atoms with Gasteiger partial charge in [0.1, 0.15) is 5.75 Å². The van der Waals surface area contributed by atoms with Crippen LogP contribution in [0.3, 0.4) is 0 Å². The Hall–Kier alpha value is -0.100. The van der Waals surface area contributed by atoms with Gasteiger partial charge in [-0.2, -0.15) is 0 Å². The van der Waals surface area contributed by atoms with Gasteiger partial charge in [-0.15, -0.1) is 0 Å². The summed E-state index contributed by atoms with van der Waals surface area (Å²) in [4.78, 5) is 0. The topological polar surface area (TPSA) is 41.5 Å². The van der Waals surface area contributed by atoms with Gasteiger partial charge in [-0.3, -0.25) is 0 Å². The summed E-state index contributed by atoms with van der Waals surface area (Å²) in [5, 5.41) is 13.0. The van der Waals surface area contributed by atoms with Gasteiger partial charge in [-0.25, -0.2) is 0 Å². The lowest BCUT2D eigenvalue weighted by atomic mass is 9.87. The lowest BCUT2D eigenvalue weighted by Gasteiger charge is -2.25.